The maximum Gasteiger partial charge on any atom is 0.272 e. The molecule has 4 aliphatic rings. The van der Waals surface area contributed by atoms with Gasteiger partial charge in [-0.25, -0.2) is 10.3 Å². The van der Waals surface area contributed by atoms with Gasteiger partial charge in [0.25, 0.3) is 5.91 Å². The van der Waals surface area contributed by atoms with E-state index in [4.69, 9.17) is 0 Å². The molecule has 1 fully saturated rings. The van der Waals surface area contributed by atoms with Crippen molar-refractivity contribution in [2.75, 3.05) is 4.90 Å². The van der Waals surface area contributed by atoms with E-state index in [9.17, 15) is 14.4 Å². The summed E-state index contributed by atoms with van der Waals surface area (Å²) in [6, 6.07) is 26.7. The van der Waals surface area contributed by atoms with E-state index in [1.54, 1.807) is 24.5 Å². The SMILES string of the molecule is Cc1ccc(N2C(=O)[C@H]3C4c5ccccc5C(/C=N/NC(=O)c5cccnc5)(c5ccccc54)[C@H]3C2=O)cc1. The highest BCUT2D eigenvalue weighted by molar-refractivity contribution is 6.25. The third kappa shape index (κ3) is 3.19. The largest absolute Gasteiger partial charge is 0.274 e. The van der Waals surface area contributed by atoms with Gasteiger partial charge in [-0.2, -0.15) is 5.10 Å². The maximum absolute atomic E-state index is 14.3. The molecule has 0 spiro atoms. The van der Waals surface area contributed by atoms with E-state index in [0.29, 0.717) is 11.3 Å². The van der Waals surface area contributed by atoms with E-state index in [-0.39, 0.29) is 17.7 Å². The number of aromatic nitrogens is 1. The third-order valence-electron chi connectivity index (χ3n) is 8.33. The summed E-state index contributed by atoms with van der Waals surface area (Å²) < 4.78 is 0. The van der Waals surface area contributed by atoms with Crippen LogP contribution in [0.4, 0.5) is 5.69 Å². The molecular weight excluding hydrogens is 488 g/mol. The van der Waals surface area contributed by atoms with Gasteiger partial charge in [-0.05, 0) is 53.4 Å². The molecule has 8 rings (SSSR count). The number of carbonyl (C=O) groups excluding carboxylic acids is 3. The first-order valence-corrected chi connectivity index (χ1v) is 12.9. The molecular formula is C32H24N4O3. The lowest BCUT2D eigenvalue weighted by Gasteiger charge is -2.52. The van der Waals surface area contributed by atoms with Crippen molar-refractivity contribution in [2.45, 2.75) is 18.3 Å². The number of aryl methyl sites for hydroxylation is 1. The molecule has 2 bridgehead atoms. The Balaban J connectivity index is 1.41. The summed E-state index contributed by atoms with van der Waals surface area (Å²) in [5.74, 6) is -2.43. The molecule has 2 heterocycles. The number of hydrogen-bond donors (Lipinski definition) is 1. The zero-order valence-electron chi connectivity index (χ0n) is 21.1. The average molecular weight is 513 g/mol. The van der Waals surface area contributed by atoms with Gasteiger partial charge in [0.2, 0.25) is 11.8 Å². The van der Waals surface area contributed by atoms with Gasteiger partial charge in [-0.15, -0.1) is 0 Å². The second kappa shape index (κ2) is 8.56. The summed E-state index contributed by atoms with van der Waals surface area (Å²) in [6.07, 6.45) is 4.72. The summed E-state index contributed by atoms with van der Waals surface area (Å²) in [5, 5.41) is 4.43. The van der Waals surface area contributed by atoms with Crippen molar-refractivity contribution in [1.82, 2.24) is 10.4 Å². The minimum absolute atomic E-state index is 0.208. The van der Waals surface area contributed by atoms with Crippen LogP contribution in [0.5, 0.6) is 0 Å². The molecule has 1 aliphatic heterocycles. The minimum atomic E-state index is -1.04. The normalized spacial score (nSPS) is 24.4. The van der Waals surface area contributed by atoms with Crippen molar-refractivity contribution >= 4 is 29.6 Å². The number of nitrogens with zero attached hydrogens (tertiary/aromatic N) is 3. The Bertz CT molecular complexity index is 1630. The van der Waals surface area contributed by atoms with E-state index in [0.717, 1.165) is 27.8 Å². The Morgan fingerprint density at radius 1 is 0.897 bits per heavy atom. The van der Waals surface area contributed by atoms with Crippen LogP contribution in [0.2, 0.25) is 0 Å². The zero-order chi connectivity index (χ0) is 26.7. The van der Waals surface area contributed by atoms with E-state index >= 15 is 0 Å². The number of hydrazone groups is 1. The Labute approximate surface area is 225 Å². The topological polar surface area (TPSA) is 91.7 Å². The fraction of sp³-hybridized carbons (Fsp3) is 0.156. The second-order valence-electron chi connectivity index (χ2n) is 10.3. The summed E-state index contributed by atoms with van der Waals surface area (Å²) in [6.45, 7) is 1.97. The fourth-order valence-electron chi connectivity index (χ4n) is 6.75. The highest BCUT2D eigenvalue weighted by Gasteiger charge is 2.68. The quantitative estimate of drug-likeness (QED) is 0.250. The van der Waals surface area contributed by atoms with E-state index in [2.05, 4.69) is 15.5 Å². The number of imide groups is 1. The van der Waals surface area contributed by atoms with Crippen molar-refractivity contribution in [3.8, 4) is 0 Å². The van der Waals surface area contributed by atoms with Crippen LogP contribution < -0.4 is 10.3 Å². The highest BCUT2D eigenvalue weighted by atomic mass is 16.2. The Hall–Kier alpha value is -4.91. The fourth-order valence-corrected chi connectivity index (χ4v) is 6.75. The van der Waals surface area contributed by atoms with E-state index in [1.165, 1.54) is 11.1 Å². The highest BCUT2D eigenvalue weighted by Crippen LogP contribution is 2.63. The Kier molecular flexibility index (Phi) is 5.10. The van der Waals surface area contributed by atoms with Crippen LogP contribution in [-0.2, 0) is 15.0 Å². The number of carbonyl (C=O) groups is 3. The monoisotopic (exact) mass is 512 g/mol. The molecule has 39 heavy (non-hydrogen) atoms. The molecule has 4 aromatic rings. The van der Waals surface area contributed by atoms with E-state index < -0.39 is 23.2 Å². The number of nitrogens with one attached hydrogen (secondary N) is 1. The van der Waals surface area contributed by atoms with Gasteiger partial charge in [0.1, 0.15) is 0 Å². The van der Waals surface area contributed by atoms with Crippen LogP contribution in [0.3, 0.4) is 0 Å². The molecule has 3 aliphatic carbocycles. The van der Waals surface area contributed by atoms with Crippen LogP contribution in [0.1, 0.15) is 44.1 Å². The van der Waals surface area contributed by atoms with Crippen LogP contribution >= 0.6 is 0 Å². The first-order valence-electron chi connectivity index (χ1n) is 12.9. The van der Waals surface area contributed by atoms with Gasteiger partial charge in [0.05, 0.1) is 28.5 Å². The van der Waals surface area contributed by atoms with Crippen molar-refractivity contribution < 1.29 is 14.4 Å². The number of amides is 3. The van der Waals surface area contributed by atoms with Crippen LogP contribution in [0, 0.1) is 18.8 Å². The maximum atomic E-state index is 14.3. The summed E-state index contributed by atoms with van der Waals surface area (Å²) in [7, 11) is 0. The molecule has 0 radical (unpaired) electrons. The predicted octanol–water partition coefficient (Wildman–Crippen LogP) is 4.36. The standard InChI is InChI=1S/C32H24N4O3/c1-19-12-14-21(15-13-19)36-30(38)27-26-22-8-2-4-10-24(22)32(28(27)31(36)39,25-11-5-3-9-23(25)26)18-34-35-29(37)20-7-6-16-33-17-20/h2-18,26-28H,1H3,(H,35,37)/b34-18+/t26?,27-,28+,32?/m0/s1. The van der Waals surface area contributed by atoms with Gasteiger partial charge < -0.3 is 0 Å². The van der Waals surface area contributed by atoms with Crippen molar-refractivity contribution in [2.24, 2.45) is 16.9 Å². The van der Waals surface area contributed by atoms with Gasteiger partial charge >= 0.3 is 0 Å². The molecule has 7 heteroatoms. The number of rotatable bonds is 4. The molecule has 2 atom stereocenters. The van der Waals surface area contributed by atoms with Gasteiger partial charge in [-0.1, -0.05) is 66.2 Å². The van der Waals surface area contributed by atoms with Crippen molar-refractivity contribution in [3.05, 3.63) is 131 Å². The first kappa shape index (κ1) is 23.2. The summed E-state index contributed by atoms with van der Waals surface area (Å²) >= 11 is 0. The number of anilines is 1. The minimum Gasteiger partial charge on any atom is -0.274 e. The van der Waals surface area contributed by atoms with Gasteiger partial charge in [0.15, 0.2) is 0 Å². The lowest BCUT2D eigenvalue weighted by Crippen LogP contribution is -2.54. The Morgan fingerprint density at radius 2 is 1.56 bits per heavy atom. The molecule has 3 aromatic carbocycles. The number of pyridine rings is 1. The lowest BCUT2D eigenvalue weighted by atomic mass is 9.47. The molecule has 3 amide bonds. The van der Waals surface area contributed by atoms with Crippen molar-refractivity contribution in [3.63, 3.8) is 0 Å². The van der Waals surface area contributed by atoms with Crippen LogP contribution in [0.15, 0.2) is 102 Å². The zero-order valence-corrected chi connectivity index (χ0v) is 21.1. The van der Waals surface area contributed by atoms with Crippen molar-refractivity contribution in [1.29, 1.82) is 0 Å². The lowest BCUT2D eigenvalue weighted by molar-refractivity contribution is -0.122. The molecule has 0 unspecified atom stereocenters. The summed E-state index contributed by atoms with van der Waals surface area (Å²) in [5.41, 5.74) is 7.44. The Morgan fingerprint density at radius 3 is 2.21 bits per heavy atom. The average Bonchev–Trinajstić information content (AvgIpc) is 3.25. The predicted molar refractivity (Wildman–Crippen MR) is 146 cm³/mol. The molecule has 1 N–H and O–H groups in total. The van der Waals surface area contributed by atoms with Crippen LogP contribution in [0.25, 0.3) is 0 Å². The molecule has 7 nitrogen and oxygen atoms in total. The molecule has 190 valence electrons. The molecule has 0 saturated carbocycles. The number of benzene rings is 3. The molecule has 1 aromatic heterocycles. The van der Waals surface area contributed by atoms with Crippen LogP contribution in [-0.4, -0.2) is 28.9 Å². The smallest absolute Gasteiger partial charge is 0.272 e. The number of hydrogen-bond acceptors (Lipinski definition) is 5. The van der Waals surface area contributed by atoms with E-state index in [1.807, 2.05) is 79.7 Å². The molecule has 1 saturated heterocycles. The first-order chi connectivity index (χ1) is 19.0. The third-order valence-corrected chi connectivity index (χ3v) is 8.33. The second-order valence-corrected chi connectivity index (χ2v) is 10.3. The van der Waals surface area contributed by atoms with Gasteiger partial charge in [0, 0.05) is 24.5 Å². The summed E-state index contributed by atoms with van der Waals surface area (Å²) in [4.78, 5) is 46.6. The van der Waals surface area contributed by atoms with Gasteiger partial charge in [-0.3, -0.25) is 19.4 Å².